The predicted octanol–water partition coefficient (Wildman–Crippen LogP) is 2.61. The van der Waals surface area contributed by atoms with Crippen LogP contribution in [0.15, 0.2) is 29.0 Å². The second-order valence-corrected chi connectivity index (χ2v) is 4.28. The first-order chi connectivity index (χ1) is 7.92. The molecule has 0 aliphatic heterocycles. The molecule has 0 radical (unpaired) electrons. The number of pyridine rings is 1. The summed E-state index contributed by atoms with van der Waals surface area (Å²) in [6.07, 6.45) is 8.58. The Hall–Kier alpha value is -1.60. The predicted molar refractivity (Wildman–Crippen MR) is 68.7 cm³/mol. The molecule has 82 valence electrons. The van der Waals surface area contributed by atoms with Crippen LogP contribution >= 0.6 is 11.8 Å². The zero-order chi connectivity index (χ0) is 11.2. The fourth-order valence-electron chi connectivity index (χ4n) is 1.41. The first-order valence-corrected chi connectivity index (χ1v) is 6.14. The molecule has 0 aliphatic rings. The van der Waals surface area contributed by atoms with Gasteiger partial charge in [-0.3, -0.25) is 0 Å². The molecule has 0 saturated carbocycles. The number of furan rings is 1. The fourth-order valence-corrected chi connectivity index (χ4v) is 1.92. The Kier molecular flexibility index (Phi) is 3.73. The molecular weight excluding hydrogens is 220 g/mol. The van der Waals surface area contributed by atoms with Crippen molar-refractivity contribution in [1.29, 1.82) is 0 Å². The van der Waals surface area contributed by atoms with Crippen molar-refractivity contribution < 1.29 is 4.42 Å². The van der Waals surface area contributed by atoms with Crippen LogP contribution in [0.1, 0.15) is 0 Å². The molecule has 16 heavy (non-hydrogen) atoms. The third-order valence-corrected chi connectivity index (χ3v) is 2.97. The third kappa shape index (κ3) is 2.50. The number of hydrogen-bond donors (Lipinski definition) is 1. The van der Waals surface area contributed by atoms with E-state index in [1.807, 2.05) is 12.1 Å². The minimum atomic E-state index is 0.755. The summed E-state index contributed by atoms with van der Waals surface area (Å²) in [7, 11) is 0. The molecule has 0 saturated heterocycles. The van der Waals surface area contributed by atoms with Crippen LogP contribution < -0.4 is 5.32 Å². The summed E-state index contributed by atoms with van der Waals surface area (Å²) in [5, 5.41) is 4.29. The van der Waals surface area contributed by atoms with Crippen LogP contribution in [0.25, 0.3) is 11.0 Å². The number of anilines is 1. The number of fused-ring (bicyclic) bond motifs is 1. The van der Waals surface area contributed by atoms with E-state index in [2.05, 4.69) is 16.2 Å². The normalized spacial score (nSPS) is 10.2. The molecule has 0 atom stereocenters. The van der Waals surface area contributed by atoms with Crippen molar-refractivity contribution in [2.75, 3.05) is 23.4 Å². The fraction of sp³-hybridized carbons (Fsp3) is 0.250. The maximum atomic E-state index is 5.29. The van der Waals surface area contributed by atoms with Crippen LogP contribution in [0.3, 0.4) is 0 Å². The molecule has 0 unspecified atom stereocenters. The summed E-state index contributed by atoms with van der Waals surface area (Å²) in [5.74, 6) is 5.19. The van der Waals surface area contributed by atoms with Gasteiger partial charge in [-0.2, -0.15) is 0 Å². The van der Waals surface area contributed by atoms with Gasteiger partial charge >= 0.3 is 0 Å². The number of thioether (sulfide) groups is 1. The molecule has 2 aromatic heterocycles. The molecule has 0 spiro atoms. The molecule has 2 rings (SSSR count). The molecule has 0 fully saturated rings. The van der Waals surface area contributed by atoms with Crippen LogP contribution in [0.2, 0.25) is 0 Å². The molecule has 0 bridgehead atoms. The van der Waals surface area contributed by atoms with Crippen LogP contribution in [0.4, 0.5) is 5.82 Å². The SMILES string of the molecule is C#CCSCCNc1nccc2occc12. The Balaban J connectivity index is 1.94. The molecule has 2 heterocycles. The van der Waals surface area contributed by atoms with E-state index in [-0.39, 0.29) is 0 Å². The summed E-state index contributed by atoms with van der Waals surface area (Å²) < 4.78 is 5.29. The van der Waals surface area contributed by atoms with Crippen molar-refractivity contribution in [1.82, 2.24) is 4.98 Å². The van der Waals surface area contributed by atoms with Crippen molar-refractivity contribution in [3.63, 3.8) is 0 Å². The molecule has 3 nitrogen and oxygen atoms in total. The van der Waals surface area contributed by atoms with Gasteiger partial charge in [-0.05, 0) is 12.1 Å². The zero-order valence-corrected chi connectivity index (χ0v) is 9.59. The molecule has 0 aromatic carbocycles. The highest BCUT2D eigenvalue weighted by atomic mass is 32.2. The van der Waals surface area contributed by atoms with E-state index in [1.54, 1.807) is 24.2 Å². The van der Waals surface area contributed by atoms with Gasteiger partial charge in [0.15, 0.2) is 0 Å². The molecule has 0 amide bonds. The molecular formula is C12H12N2OS. The second-order valence-electron chi connectivity index (χ2n) is 3.18. The maximum absolute atomic E-state index is 5.29. The van der Waals surface area contributed by atoms with Crippen LogP contribution in [-0.4, -0.2) is 23.0 Å². The number of nitrogens with zero attached hydrogens (tertiary/aromatic N) is 1. The van der Waals surface area contributed by atoms with Crippen molar-refractivity contribution >= 4 is 28.5 Å². The Labute approximate surface area is 98.6 Å². The molecule has 2 aromatic rings. The Morgan fingerprint density at radius 2 is 2.44 bits per heavy atom. The summed E-state index contributed by atoms with van der Waals surface area (Å²) in [6.45, 7) is 0.851. The number of nitrogens with one attached hydrogen (secondary N) is 1. The van der Waals surface area contributed by atoms with Crippen LogP contribution in [0.5, 0.6) is 0 Å². The van der Waals surface area contributed by atoms with E-state index in [0.29, 0.717) is 0 Å². The average molecular weight is 232 g/mol. The van der Waals surface area contributed by atoms with Crippen molar-refractivity contribution in [3.8, 4) is 12.3 Å². The monoisotopic (exact) mass is 232 g/mol. The van der Waals surface area contributed by atoms with Gasteiger partial charge in [0.25, 0.3) is 0 Å². The quantitative estimate of drug-likeness (QED) is 0.635. The number of hydrogen-bond acceptors (Lipinski definition) is 4. The van der Waals surface area contributed by atoms with Gasteiger partial charge in [0.2, 0.25) is 0 Å². The average Bonchev–Trinajstić information content (AvgIpc) is 2.77. The van der Waals surface area contributed by atoms with Gasteiger partial charge in [0, 0.05) is 18.5 Å². The van der Waals surface area contributed by atoms with Crippen molar-refractivity contribution in [2.24, 2.45) is 0 Å². The summed E-state index contributed by atoms with van der Waals surface area (Å²) in [5.41, 5.74) is 0.855. The van der Waals surface area contributed by atoms with E-state index in [4.69, 9.17) is 10.8 Å². The van der Waals surface area contributed by atoms with E-state index >= 15 is 0 Å². The first kappa shape index (κ1) is 10.9. The van der Waals surface area contributed by atoms with E-state index in [1.165, 1.54) is 0 Å². The number of rotatable bonds is 5. The highest BCUT2D eigenvalue weighted by Gasteiger charge is 2.03. The lowest BCUT2D eigenvalue weighted by Gasteiger charge is -2.04. The summed E-state index contributed by atoms with van der Waals surface area (Å²) in [6, 6.07) is 3.77. The molecule has 1 N–H and O–H groups in total. The van der Waals surface area contributed by atoms with Gasteiger partial charge in [-0.25, -0.2) is 4.98 Å². The topological polar surface area (TPSA) is 38.1 Å². The van der Waals surface area contributed by atoms with Gasteiger partial charge in [0.05, 0.1) is 17.4 Å². The smallest absolute Gasteiger partial charge is 0.139 e. The lowest BCUT2D eigenvalue weighted by atomic mass is 10.3. The van der Waals surface area contributed by atoms with Gasteiger partial charge in [-0.1, -0.05) is 5.92 Å². The second kappa shape index (κ2) is 5.47. The van der Waals surface area contributed by atoms with Crippen LogP contribution in [-0.2, 0) is 0 Å². The number of aromatic nitrogens is 1. The highest BCUT2D eigenvalue weighted by molar-refractivity contribution is 7.99. The van der Waals surface area contributed by atoms with Crippen LogP contribution in [0, 0.1) is 12.3 Å². The number of terminal acetylenes is 1. The zero-order valence-electron chi connectivity index (χ0n) is 8.77. The van der Waals surface area contributed by atoms with Gasteiger partial charge < -0.3 is 9.73 Å². The first-order valence-electron chi connectivity index (χ1n) is 4.99. The van der Waals surface area contributed by atoms with E-state index in [0.717, 1.165) is 34.8 Å². The van der Waals surface area contributed by atoms with Crippen molar-refractivity contribution in [3.05, 3.63) is 24.6 Å². The minimum absolute atomic E-state index is 0.755. The summed E-state index contributed by atoms with van der Waals surface area (Å²) in [4.78, 5) is 4.28. The lowest BCUT2D eigenvalue weighted by Crippen LogP contribution is -2.05. The lowest BCUT2D eigenvalue weighted by molar-refractivity contribution is 0.615. The largest absolute Gasteiger partial charge is 0.464 e. The van der Waals surface area contributed by atoms with Crippen molar-refractivity contribution in [2.45, 2.75) is 0 Å². The minimum Gasteiger partial charge on any atom is -0.464 e. The molecule has 0 aliphatic carbocycles. The van der Waals surface area contributed by atoms with Gasteiger partial charge in [0.1, 0.15) is 11.4 Å². The maximum Gasteiger partial charge on any atom is 0.139 e. The highest BCUT2D eigenvalue weighted by Crippen LogP contribution is 2.21. The third-order valence-electron chi connectivity index (χ3n) is 2.10. The Morgan fingerprint density at radius 3 is 3.31 bits per heavy atom. The Morgan fingerprint density at radius 1 is 1.50 bits per heavy atom. The Bertz CT molecular complexity index is 501. The standard InChI is InChI=1S/C12H12N2OS/c1-2-8-16-9-6-14-12-10-4-7-15-11(10)3-5-13-12/h1,3-5,7H,6,8-9H2,(H,13,14). The van der Waals surface area contributed by atoms with Gasteiger partial charge in [-0.15, -0.1) is 18.2 Å². The molecule has 4 heteroatoms. The van der Waals surface area contributed by atoms with E-state index < -0.39 is 0 Å². The van der Waals surface area contributed by atoms with E-state index in [9.17, 15) is 0 Å². The summed E-state index contributed by atoms with van der Waals surface area (Å²) >= 11 is 1.73.